The second kappa shape index (κ2) is 6.71. The predicted molar refractivity (Wildman–Crippen MR) is 76.7 cm³/mol. The van der Waals surface area contributed by atoms with Crippen molar-refractivity contribution in [2.75, 3.05) is 26.2 Å². The molecule has 0 radical (unpaired) electrons. The first-order valence-electron chi connectivity index (χ1n) is 7.07. The van der Waals surface area contributed by atoms with Gasteiger partial charge in [0, 0.05) is 25.2 Å². The van der Waals surface area contributed by atoms with E-state index in [1.54, 1.807) is 12.1 Å². The zero-order chi connectivity index (χ0) is 13.7. The summed E-state index contributed by atoms with van der Waals surface area (Å²) in [6, 6.07) is 7.27. The van der Waals surface area contributed by atoms with Crippen molar-refractivity contribution in [3.63, 3.8) is 0 Å². The molecule has 2 rings (SSSR count). The molecule has 2 atom stereocenters. The molecular formula is C16H23NO2. The lowest BCUT2D eigenvalue weighted by atomic mass is 9.92. The summed E-state index contributed by atoms with van der Waals surface area (Å²) in [7, 11) is 0. The van der Waals surface area contributed by atoms with Gasteiger partial charge in [-0.1, -0.05) is 13.8 Å². The molecule has 3 nitrogen and oxygen atoms in total. The van der Waals surface area contributed by atoms with Gasteiger partial charge >= 0.3 is 0 Å². The standard InChI is InChI=1S/C16H23NO2/c1-13-9-14(2)11-17(10-13)7-8-19-16-5-3-15(12-18)4-6-16/h3-6,12-14H,7-11H2,1-2H3. The zero-order valence-corrected chi connectivity index (χ0v) is 11.8. The summed E-state index contributed by atoms with van der Waals surface area (Å²) in [5, 5.41) is 0. The summed E-state index contributed by atoms with van der Waals surface area (Å²) in [6.45, 7) is 8.68. The van der Waals surface area contributed by atoms with Gasteiger partial charge in [-0.25, -0.2) is 0 Å². The maximum absolute atomic E-state index is 10.6. The Morgan fingerprint density at radius 1 is 1.21 bits per heavy atom. The number of hydrogen-bond donors (Lipinski definition) is 0. The summed E-state index contributed by atoms with van der Waals surface area (Å²) in [4.78, 5) is 13.0. The minimum absolute atomic E-state index is 0.686. The van der Waals surface area contributed by atoms with Crippen molar-refractivity contribution in [1.29, 1.82) is 0 Å². The minimum Gasteiger partial charge on any atom is -0.492 e. The van der Waals surface area contributed by atoms with E-state index in [9.17, 15) is 4.79 Å². The maximum Gasteiger partial charge on any atom is 0.150 e. The van der Waals surface area contributed by atoms with Gasteiger partial charge in [0.1, 0.15) is 18.6 Å². The summed E-state index contributed by atoms with van der Waals surface area (Å²) in [6.07, 6.45) is 2.19. The Bertz CT molecular complexity index is 392. The third-order valence-corrected chi connectivity index (χ3v) is 3.64. The maximum atomic E-state index is 10.6. The first-order valence-corrected chi connectivity index (χ1v) is 7.07. The molecule has 1 fully saturated rings. The molecular weight excluding hydrogens is 238 g/mol. The van der Waals surface area contributed by atoms with Crippen molar-refractivity contribution < 1.29 is 9.53 Å². The molecule has 0 saturated carbocycles. The van der Waals surface area contributed by atoms with Gasteiger partial charge in [-0.05, 0) is 42.5 Å². The molecule has 1 aliphatic rings. The van der Waals surface area contributed by atoms with Gasteiger partial charge in [0.05, 0.1) is 0 Å². The number of aldehydes is 1. The normalized spacial score (nSPS) is 24.1. The fraction of sp³-hybridized carbons (Fsp3) is 0.562. The molecule has 1 aromatic carbocycles. The largest absolute Gasteiger partial charge is 0.492 e. The van der Waals surface area contributed by atoms with E-state index in [0.29, 0.717) is 12.2 Å². The van der Waals surface area contributed by atoms with E-state index in [1.165, 1.54) is 19.5 Å². The van der Waals surface area contributed by atoms with E-state index in [4.69, 9.17) is 4.74 Å². The lowest BCUT2D eigenvalue weighted by Crippen LogP contribution is -2.40. The van der Waals surface area contributed by atoms with Gasteiger partial charge in [0.25, 0.3) is 0 Å². The highest BCUT2D eigenvalue weighted by atomic mass is 16.5. The molecule has 1 aromatic rings. The average molecular weight is 261 g/mol. The van der Waals surface area contributed by atoms with Gasteiger partial charge in [0.2, 0.25) is 0 Å². The molecule has 0 N–H and O–H groups in total. The molecule has 3 heteroatoms. The van der Waals surface area contributed by atoms with Crippen LogP contribution in [0.15, 0.2) is 24.3 Å². The number of likely N-dealkylation sites (tertiary alicyclic amines) is 1. The summed E-state index contributed by atoms with van der Waals surface area (Å²) in [5.74, 6) is 2.41. The highest BCUT2D eigenvalue weighted by Crippen LogP contribution is 2.20. The molecule has 19 heavy (non-hydrogen) atoms. The Balaban J connectivity index is 1.74. The number of ether oxygens (including phenoxy) is 1. The van der Waals surface area contributed by atoms with Crippen LogP contribution in [0.4, 0.5) is 0 Å². The molecule has 0 aromatic heterocycles. The number of benzene rings is 1. The fourth-order valence-electron chi connectivity index (χ4n) is 2.91. The number of hydrogen-bond acceptors (Lipinski definition) is 3. The number of carbonyl (C=O) groups is 1. The summed E-state index contributed by atoms with van der Waals surface area (Å²) >= 11 is 0. The van der Waals surface area contributed by atoms with Crippen LogP contribution in [-0.4, -0.2) is 37.4 Å². The van der Waals surface area contributed by atoms with Crippen LogP contribution in [-0.2, 0) is 0 Å². The monoisotopic (exact) mass is 261 g/mol. The van der Waals surface area contributed by atoms with Gasteiger partial charge in [-0.3, -0.25) is 9.69 Å². The van der Waals surface area contributed by atoms with Crippen LogP contribution >= 0.6 is 0 Å². The number of nitrogens with zero attached hydrogens (tertiary/aromatic N) is 1. The molecule has 1 aliphatic heterocycles. The SMILES string of the molecule is CC1CC(C)CN(CCOc2ccc(C=O)cc2)C1. The van der Waals surface area contributed by atoms with E-state index in [-0.39, 0.29) is 0 Å². The first-order chi connectivity index (χ1) is 9.17. The highest BCUT2D eigenvalue weighted by Gasteiger charge is 2.21. The van der Waals surface area contributed by atoms with Crippen molar-refractivity contribution >= 4 is 6.29 Å². The van der Waals surface area contributed by atoms with Crippen LogP contribution in [0.5, 0.6) is 5.75 Å². The van der Waals surface area contributed by atoms with Crippen LogP contribution in [0, 0.1) is 11.8 Å². The molecule has 104 valence electrons. The van der Waals surface area contributed by atoms with Crippen LogP contribution in [0.3, 0.4) is 0 Å². The van der Waals surface area contributed by atoms with Gasteiger partial charge in [0.15, 0.2) is 0 Å². The Kier molecular flexibility index (Phi) is 4.97. The van der Waals surface area contributed by atoms with E-state index in [2.05, 4.69) is 18.7 Å². The molecule has 0 aliphatic carbocycles. The van der Waals surface area contributed by atoms with Crippen LogP contribution < -0.4 is 4.74 Å². The van der Waals surface area contributed by atoms with Crippen molar-refractivity contribution in [2.45, 2.75) is 20.3 Å². The van der Waals surface area contributed by atoms with E-state index in [0.717, 1.165) is 30.4 Å². The molecule has 0 amide bonds. The van der Waals surface area contributed by atoms with Crippen LogP contribution in [0.25, 0.3) is 0 Å². The van der Waals surface area contributed by atoms with E-state index < -0.39 is 0 Å². The lowest BCUT2D eigenvalue weighted by Gasteiger charge is -2.34. The van der Waals surface area contributed by atoms with Crippen molar-refractivity contribution in [2.24, 2.45) is 11.8 Å². The van der Waals surface area contributed by atoms with Crippen molar-refractivity contribution in [1.82, 2.24) is 4.90 Å². The Morgan fingerprint density at radius 2 is 1.84 bits per heavy atom. The fourth-order valence-corrected chi connectivity index (χ4v) is 2.91. The van der Waals surface area contributed by atoms with Crippen molar-refractivity contribution in [3.8, 4) is 5.75 Å². The number of carbonyl (C=O) groups excluding carboxylic acids is 1. The van der Waals surface area contributed by atoms with Crippen LogP contribution in [0.2, 0.25) is 0 Å². The smallest absolute Gasteiger partial charge is 0.150 e. The Hall–Kier alpha value is -1.35. The third-order valence-electron chi connectivity index (χ3n) is 3.64. The lowest BCUT2D eigenvalue weighted by molar-refractivity contribution is 0.112. The summed E-state index contributed by atoms with van der Waals surface area (Å²) in [5.41, 5.74) is 0.686. The van der Waals surface area contributed by atoms with Gasteiger partial charge in [-0.2, -0.15) is 0 Å². The van der Waals surface area contributed by atoms with E-state index in [1.807, 2.05) is 12.1 Å². The Morgan fingerprint density at radius 3 is 2.42 bits per heavy atom. The number of piperidine rings is 1. The average Bonchev–Trinajstić information content (AvgIpc) is 2.38. The zero-order valence-electron chi connectivity index (χ0n) is 11.8. The topological polar surface area (TPSA) is 29.5 Å². The van der Waals surface area contributed by atoms with E-state index >= 15 is 0 Å². The van der Waals surface area contributed by atoms with Gasteiger partial charge < -0.3 is 4.74 Å². The first kappa shape index (κ1) is 14.1. The molecule has 0 spiro atoms. The Labute approximate surface area is 115 Å². The second-order valence-corrected chi connectivity index (χ2v) is 5.74. The molecule has 1 saturated heterocycles. The number of rotatable bonds is 5. The molecule has 0 bridgehead atoms. The van der Waals surface area contributed by atoms with Crippen LogP contribution in [0.1, 0.15) is 30.6 Å². The summed E-state index contributed by atoms with van der Waals surface area (Å²) < 4.78 is 5.72. The molecule has 2 unspecified atom stereocenters. The predicted octanol–water partition coefficient (Wildman–Crippen LogP) is 2.86. The second-order valence-electron chi connectivity index (χ2n) is 5.74. The third kappa shape index (κ3) is 4.35. The minimum atomic E-state index is 0.686. The highest BCUT2D eigenvalue weighted by molar-refractivity contribution is 5.74. The van der Waals surface area contributed by atoms with Crippen molar-refractivity contribution in [3.05, 3.63) is 29.8 Å². The van der Waals surface area contributed by atoms with Gasteiger partial charge in [-0.15, -0.1) is 0 Å². The quantitative estimate of drug-likeness (QED) is 0.763. The molecule has 1 heterocycles.